The number of rotatable bonds is 6. The molecule has 0 amide bonds. The Hall–Kier alpha value is -1.75. The summed E-state index contributed by atoms with van der Waals surface area (Å²) in [5.74, 6) is 1.15. The first-order valence-corrected chi connectivity index (χ1v) is 14.1. The van der Waals surface area contributed by atoms with Crippen molar-refractivity contribution >= 4 is 86.8 Å². The highest BCUT2D eigenvalue weighted by molar-refractivity contribution is 6.68. The number of halogens is 7. The van der Waals surface area contributed by atoms with Crippen LogP contribution >= 0.6 is 81.2 Å². The minimum absolute atomic E-state index is 0.208. The second kappa shape index (κ2) is 14.8. The van der Waals surface area contributed by atoms with Crippen molar-refractivity contribution in [2.75, 3.05) is 14.2 Å². The summed E-state index contributed by atoms with van der Waals surface area (Å²) in [4.78, 5) is 0. The van der Waals surface area contributed by atoms with Crippen LogP contribution in [0.15, 0.2) is 102 Å². The van der Waals surface area contributed by atoms with Crippen molar-refractivity contribution in [1.29, 1.82) is 0 Å². The summed E-state index contributed by atoms with van der Waals surface area (Å²) in [6.07, 6.45) is 0. The number of alkyl halides is 3. The molecule has 0 atom stereocenters. The fourth-order valence-electron chi connectivity index (χ4n) is 3.78. The average Bonchev–Trinajstić information content (AvgIpc) is 2.91. The standard InChI is InChI=1S/C16H15Cl3O2.C14H8Cl4/c1-20-13-7-3-11(4-8-13)15(16(17,18)19)12-5-9-14(21-2)10-6-12;15-11-5-1-9(2-6-11)13(14(17)18)10-3-7-12(16)8-4-10/h3-10,15H,1-2H3;1-8H. The number of hydrogen-bond acceptors (Lipinski definition) is 2. The Bertz CT molecular complexity index is 1260. The van der Waals surface area contributed by atoms with E-state index in [0.717, 1.165) is 39.3 Å². The molecule has 0 spiro atoms. The highest BCUT2D eigenvalue weighted by Crippen LogP contribution is 2.46. The molecule has 39 heavy (non-hydrogen) atoms. The molecule has 0 saturated carbocycles. The Kier molecular flexibility index (Phi) is 12.0. The zero-order chi connectivity index (χ0) is 28.6. The van der Waals surface area contributed by atoms with Gasteiger partial charge in [0.25, 0.3) is 0 Å². The summed E-state index contributed by atoms with van der Waals surface area (Å²) in [7, 11) is 3.23. The maximum absolute atomic E-state index is 6.18. The van der Waals surface area contributed by atoms with Crippen LogP contribution in [0.2, 0.25) is 10.0 Å². The molecule has 4 aromatic rings. The van der Waals surface area contributed by atoms with Crippen LogP contribution in [0.5, 0.6) is 11.5 Å². The SMILES string of the molecule is COc1ccc(C(c2ccc(OC)cc2)C(Cl)(Cl)Cl)cc1.ClC(Cl)=C(c1ccc(Cl)cc1)c1ccc(Cl)cc1. The van der Waals surface area contributed by atoms with Gasteiger partial charge in [-0.2, -0.15) is 0 Å². The van der Waals surface area contributed by atoms with E-state index < -0.39 is 3.79 Å². The molecule has 204 valence electrons. The van der Waals surface area contributed by atoms with E-state index in [-0.39, 0.29) is 10.4 Å². The monoisotopic (exact) mass is 660 g/mol. The first-order chi connectivity index (χ1) is 18.5. The van der Waals surface area contributed by atoms with Crippen molar-refractivity contribution in [2.45, 2.75) is 9.71 Å². The van der Waals surface area contributed by atoms with Gasteiger partial charge in [0.05, 0.1) is 20.1 Å². The van der Waals surface area contributed by atoms with Crippen molar-refractivity contribution in [3.05, 3.63) is 134 Å². The molecule has 4 aromatic carbocycles. The third-order valence-corrected chi connectivity index (χ3v) is 7.22. The van der Waals surface area contributed by atoms with Crippen LogP contribution < -0.4 is 9.47 Å². The van der Waals surface area contributed by atoms with Crippen LogP contribution in [-0.4, -0.2) is 18.0 Å². The molecule has 0 aromatic heterocycles. The highest BCUT2D eigenvalue weighted by atomic mass is 35.6. The van der Waals surface area contributed by atoms with Gasteiger partial charge in [0.1, 0.15) is 16.0 Å². The van der Waals surface area contributed by atoms with Crippen LogP contribution in [0.3, 0.4) is 0 Å². The summed E-state index contributed by atoms with van der Waals surface area (Å²) in [5, 5.41) is 1.33. The molecular formula is C30H23Cl7O2. The van der Waals surface area contributed by atoms with Gasteiger partial charge in [-0.05, 0) is 70.8 Å². The Morgan fingerprint density at radius 3 is 1.15 bits per heavy atom. The topological polar surface area (TPSA) is 18.5 Å². The second-order valence-corrected chi connectivity index (χ2v) is 12.4. The van der Waals surface area contributed by atoms with Gasteiger partial charge in [-0.25, -0.2) is 0 Å². The van der Waals surface area contributed by atoms with E-state index >= 15 is 0 Å². The van der Waals surface area contributed by atoms with Crippen molar-refractivity contribution in [2.24, 2.45) is 0 Å². The number of hydrogen-bond donors (Lipinski definition) is 0. The molecule has 0 aliphatic rings. The number of benzene rings is 4. The molecule has 9 heteroatoms. The van der Waals surface area contributed by atoms with E-state index in [4.69, 9.17) is 90.7 Å². The summed E-state index contributed by atoms with van der Waals surface area (Å²) in [6.45, 7) is 0. The Labute approximate surface area is 263 Å². The molecule has 4 rings (SSSR count). The molecular weight excluding hydrogens is 640 g/mol. The lowest BCUT2D eigenvalue weighted by atomic mass is 9.92. The van der Waals surface area contributed by atoms with Crippen LogP contribution in [0, 0.1) is 0 Å². The first-order valence-electron chi connectivity index (χ1n) is 11.4. The van der Waals surface area contributed by atoms with Crippen molar-refractivity contribution in [3.63, 3.8) is 0 Å². The third-order valence-electron chi connectivity index (χ3n) is 5.68. The lowest BCUT2D eigenvalue weighted by Crippen LogP contribution is -2.18. The van der Waals surface area contributed by atoms with Gasteiger partial charge in [0, 0.05) is 15.6 Å². The van der Waals surface area contributed by atoms with Crippen molar-refractivity contribution in [3.8, 4) is 11.5 Å². The van der Waals surface area contributed by atoms with Gasteiger partial charge in [-0.3, -0.25) is 0 Å². The minimum atomic E-state index is -1.46. The number of methoxy groups -OCH3 is 2. The van der Waals surface area contributed by atoms with Gasteiger partial charge in [0.15, 0.2) is 0 Å². The summed E-state index contributed by atoms with van der Waals surface area (Å²) < 4.78 is 9.06. The van der Waals surface area contributed by atoms with Crippen molar-refractivity contribution < 1.29 is 9.47 Å². The molecule has 0 N–H and O–H groups in total. The van der Waals surface area contributed by atoms with Crippen molar-refractivity contribution in [1.82, 2.24) is 0 Å². The Morgan fingerprint density at radius 1 is 0.564 bits per heavy atom. The van der Waals surface area contributed by atoms with E-state index in [1.165, 1.54) is 0 Å². The molecule has 0 aliphatic heterocycles. The van der Waals surface area contributed by atoms with E-state index in [2.05, 4.69) is 0 Å². The lowest BCUT2D eigenvalue weighted by Gasteiger charge is -2.25. The largest absolute Gasteiger partial charge is 0.497 e. The molecule has 0 aliphatic carbocycles. The maximum atomic E-state index is 6.18. The molecule has 0 unspecified atom stereocenters. The zero-order valence-corrected chi connectivity index (χ0v) is 26.1. The Balaban J connectivity index is 0.000000218. The van der Waals surface area contributed by atoms with Crippen LogP contribution in [0.1, 0.15) is 28.2 Å². The fraction of sp³-hybridized carbons (Fsp3) is 0.133. The van der Waals surface area contributed by atoms with Crippen LogP contribution in [-0.2, 0) is 0 Å². The van der Waals surface area contributed by atoms with Gasteiger partial charge in [-0.1, -0.05) is 130 Å². The molecule has 0 bridgehead atoms. The predicted octanol–water partition coefficient (Wildman–Crippen LogP) is 11.4. The first kappa shape index (κ1) is 31.8. The number of ether oxygens (including phenoxy) is 2. The summed E-state index contributed by atoms with van der Waals surface area (Å²) in [5.41, 5.74) is 4.37. The quantitative estimate of drug-likeness (QED) is 0.191. The van der Waals surface area contributed by atoms with Gasteiger partial charge in [-0.15, -0.1) is 0 Å². The Morgan fingerprint density at radius 2 is 0.897 bits per heavy atom. The van der Waals surface area contributed by atoms with Gasteiger partial charge >= 0.3 is 0 Å². The zero-order valence-electron chi connectivity index (χ0n) is 20.8. The molecule has 0 radical (unpaired) electrons. The molecule has 0 heterocycles. The summed E-state index contributed by atoms with van der Waals surface area (Å²) in [6, 6.07) is 29.7. The molecule has 2 nitrogen and oxygen atoms in total. The molecule has 0 fully saturated rings. The fourth-order valence-corrected chi connectivity index (χ4v) is 5.23. The smallest absolute Gasteiger partial charge is 0.201 e. The maximum Gasteiger partial charge on any atom is 0.201 e. The predicted molar refractivity (Wildman–Crippen MR) is 169 cm³/mol. The normalized spacial score (nSPS) is 10.9. The van der Waals surface area contributed by atoms with Crippen LogP contribution in [0.4, 0.5) is 0 Å². The van der Waals surface area contributed by atoms with E-state index in [1.807, 2.05) is 72.8 Å². The van der Waals surface area contributed by atoms with E-state index in [9.17, 15) is 0 Å². The van der Waals surface area contributed by atoms with Gasteiger partial charge < -0.3 is 9.47 Å². The second-order valence-electron chi connectivity index (χ2n) is 8.17. The van der Waals surface area contributed by atoms with Crippen LogP contribution in [0.25, 0.3) is 5.57 Å². The highest BCUT2D eigenvalue weighted by Gasteiger charge is 2.35. The average molecular weight is 664 g/mol. The lowest BCUT2D eigenvalue weighted by molar-refractivity contribution is 0.414. The van der Waals surface area contributed by atoms with E-state index in [1.54, 1.807) is 38.5 Å². The third kappa shape index (κ3) is 9.13. The minimum Gasteiger partial charge on any atom is -0.497 e. The summed E-state index contributed by atoms with van der Waals surface area (Å²) >= 11 is 42.2. The van der Waals surface area contributed by atoms with Gasteiger partial charge in [0.2, 0.25) is 3.79 Å². The molecule has 0 saturated heterocycles. The van der Waals surface area contributed by atoms with E-state index in [0.29, 0.717) is 10.0 Å².